The van der Waals surface area contributed by atoms with Crippen LogP contribution in [0.4, 0.5) is 15.8 Å². The minimum Gasteiger partial charge on any atom is -0.323 e. The van der Waals surface area contributed by atoms with Crippen molar-refractivity contribution in [3.63, 3.8) is 0 Å². The Morgan fingerprint density at radius 3 is 2.32 bits per heavy atom. The molecule has 0 aliphatic heterocycles. The van der Waals surface area contributed by atoms with E-state index in [1.54, 1.807) is 18.2 Å². The second kappa shape index (κ2) is 7.59. The van der Waals surface area contributed by atoms with Gasteiger partial charge in [0.15, 0.2) is 0 Å². The summed E-state index contributed by atoms with van der Waals surface area (Å²) in [7, 11) is -3.79. The molecule has 0 aromatic heterocycles. The van der Waals surface area contributed by atoms with Gasteiger partial charge < -0.3 is 5.32 Å². The van der Waals surface area contributed by atoms with Gasteiger partial charge >= 0.3 is 0 Å². The zero-order valence-corrected chi connectivity index (χ0v) is 15.7. The van der Waals surface area contributed by atoms with Crippen LogP contribution in [0.2, 0.25) is 10.0 Å². The third kappa shape index (κ3) is 4.62. The molecule has 134 valence electrons. The van der Waals surface area contributed by atoms with Gasteiger partial charge in [0.05, 0.1) is 27.7 Å². The summed E-state index contributed by atoms with van der Waals surface area (Å²) in [5.41, 5.74) is 0.433. The van der Waals surface area contributed by atoms with Crippen LogP contribution in [-0.4, -0.2) is 26.6 Å². The van der Waals surface area contributed by atoms with Crippen molar-refractivity contribution in [2.75, 3.05) is 15.9 Å². The zero-order valence-electron chi connectivity index (χ0n) is 13.3. The van der Waals surface area contributed by atoms with Gasteiger partial charge in [0.2, 0.25) is 15.9 Å². The van der Waals surface area contributed by atoms with E-state index in [4.69, 9.17) is 23.2 Å². The van der Waals surface area contributed by atoms with Crippen LogP contribution in [0, 0.1) is 5.82 Å². The molecule has 0 heterocycles. The molecule has 2 rings (SSSR count). The summed E-state index contributed by atoms with van der Waals surface area (Å²) in [5.74, 6) is -1.13. The van der Waals surface area contributed by atoms with E-state index in [0.717, 1.165) is 22.7 Å². The van der Waals surface area contributed by atoms with E-state index >= 15 is 0 Å². The van der Waals surface area contributed by atoms with Crippen LogP contribution in [0.15, 0.2) is 42.5 Å². The van der Waals surface area contributed by atoms with Crippen molar-refractivity contribution in [3.05, 3.63) is 58.3 Å². The highest BCUT2D eigenvalue weighted by molar-refractivity contribution is 7.92. The molecule has 0 unspecified atom stereocenters. The van der Waals surface area contributed by atoms with Crippen LogP contribution in [0.5, 0.6) is 0 Å². The van der Waals surface area contributed by atoms with Crippen LogP contribution in [0.3, 0.4) is 0 Å². The van der Waals surface area contributed by atoms with Gasteiger partial charge in [-0.3, -0.25) is 9.10 Å². The lowest BCUT2D eigenvalue weighted by atomic mass is 10.2. The average Bonchev–Trinajstić information content (AvgIpc) is 2.52. The van der Waals surface area contributed by atoms with Crippen LogP contribution < -0.4 is 9.62 Å². The fourth-order valence-electron chi connectivity index (χ4n) is 2.23. The van der Waals surface area contributed by atoms with E-state index in [2.05, 4.69) is 5.32 Å². The van der Waals surface area contributed by atoms with Gasteiger partial charge in [0, 0.05) is 0 Å². The Morgan fingerprint density at radius 2 is 1.76 bits per heavy atom. The zero-order chi connectivity index (χ0) is 18.8. The molecule has 0 fully saturated rings. The number of hydrogen-bond donors (Lipinski definition) is 1. The van der Waals surface area contributed by atoms with Crippen molar-refractivity contribution < 1.29 is 17.6 Å². The van der Waals surface area contributed by atoms with Crippen molar-refractivity contribution in [2.45, 2.75) is 13.0 Å². The Morgan fingerprint density at radius 1 is 1.16 bits per heavy atom. The Labute approximate surface area is 155 Å². The summed E-state index contributed by atoms with van der Waals surface area (Å²) in [6.45, 7) is 1.41. The fraction of sp³-hybridized carbons (Fsp3) is 0.188. The van der Waals surface area contributed by atoms with Gasteiger partial charge in [-0.1, -0.05) is 29.3 Å². The first kappa shape index (κ1) is 19.5. The molecule has 0 saturated carbocycles. The average molecular weight is 405 g/mol. The summed E-state index contributed by atoms with van der Waals surface area (Å²) in [6.07, 6.45) is 0.965. The third-order valence-corrected chi connectivity index (χ3v) is 5.44. The first-order valence-corrected chi connectivity index (χ1v) is 9.71. The molecule has 25 heavy (non-hydrogen) atoms. The van der Waals surface area contributed by atoms with E-state index in [1.165, 1.54) is 19.1 Å². The lowest BCUT2D eigenvalue weighted by molar-refractivity contribution is -0.116. The molecule has 0 saturated heterocycles. The van der Waals surface area contributed by atoms with Gasteiger partial charge in [-0.05, 0) is 43.3 Å². The quantitative estimate of drug-likeness (QED) is 0.820. The number of nitrogens with one attached hydrogen (secondary N) is 1. The van der Waals surface area contributed by atoms with Gasteiger partial charge in [-0.15, -0.1) is 0 Å². The number of carbonyl (C=O) groups excluding carboxylic acids is 1. The smallest absolute Gasteiger partial charge is 0.248 e. The molecule has 5 nitrogen and oxygen atoms in total. The van der Waals surface area contributed by atoms with Gasteiger partial charge in [0.1, 0.15) is 11.9 Å². The molecule has 0 bridgehead atoms. The normalized spacial score (nSPS) is 12.5. The predicted molar refractivity (Wildman–Crippen MR) is 98.3 cm³/mol. The van der Waals surface area contributed by atoms with Crippen LogP contribution in [0.25, 0.3) is 0 Å². The van der Waals surface area contributed by atoms with Crippen molar-refractivity contribution in [2.24, 2.45) is 0 Å². The summed E-state index contributed by atoms with van der Waals surface area (Å²) in [4.78, 5) is 12.5. The Balaban J connectivity index is 2.33. The maximum atomic E-state index is 13.1. The first-order chi connectivity index (χ1) is 11.6. The third-order valence-electron chi connectivity index (χ3n) is 3.38. The van der Waals surface area contributed by atoms with E-state index in [-0.39, 0.29) is 21.4 Å². The Kier molecular flexibility index (Phi) is 5.92. The minimum atomic E-state index is -3.79. The second-order valence-electron chi connectivity index (χ2n) is 5.30. The maximum absolute atomic E-state index is 13.1. The topological polar surface area (TPSA) is 66.5 Å². The van der Waals surface area contributed by atoms with Crippen molar-refractivity contribution in [3.8, 4) is 0 Å². The number of nitrogens with zero attached hydrogens (tertiary/aromatic N) is 1. The van der Waals surface area contributed by atoms with Crippen molar-refractivity contribution in [1.29, 1.82) is 0 Å². The number of sulfonamides is 1. The highest BCUT2D eigenvalue weighted by Crippen LogP contribution is 2.30. The Hall–Kier alpha value is -1.83. The molecule has 9 heteroatoms. The number of hydrogen-bond acceptors (Lipinski definition) is 3. The molecular weight excluding hydrogens is 390 g/mol. The number of rotatable bonds is 5. The van der Waals surface area contributed by atoms with Crippen LogP contribution >= 0.6 is 23.2 Å². The van der Waals surface area contributed by atoms with Crippen molar-refractivity contribution in [1.82, 2.24) is 0 Å². The fourth-order valence-corrected chi connectivity index (χ4v) is 3.76. The molecule has 1 atom stereocenters. The lowest BCUT2D eigenvalue weighted by Gasteiger charge is -2.28. The summed E-state index contributed by atoms with van der Waals surface area (Å²) < 4.78 is 38.3. The molecular formula is C16H15Cl2FN2O3S. The number of benzene rings is 2. The van der Waals surface area contributed by atoms with E-state index in [9.17, 15) is 17.6 Å². The summed E-state index contributed by atoms with van der Waals surface area (Å²) >= 11 is 11.9. The maximum Gasteiger partial charge on any atom is 0.248 e. The summed E-state index contributed by atoms with van der Waals surface area (Å²) in [5, 5.41) is 2.95. The monoisotopic (exact) mass is 404 g/mol. The molecule has 0 spiro atoms. The number of amides is 1. The molecule has 0 radical (unpaired) electrons. The van der Waals surface area contributed by atoms with Crippen molar-refractivity contribution >= 4 is 50.5 Å². The number of anilines is 2. The van der Waals surface area contributed by atoms with Gasteiger partial charge in [-0.25, -0.2) is 12.8 Å². The SMILES string of the molecule is C[C@@H](C(=O)Nc1cccc(Cl)c1Cl)N(c1ccc(F)cc1)S(C)(=O)=O. The first-order valence-electron chi connectivity index (χ1n) is 7.11. The van der Waals surface area contributed by atoms with Gasteiger partial charge in [-0.2, -0.15) is 0 Å². The molecule has 0 aliphatic rings. The molecule has 1 N–H and O–H groups in total. The molecule has 0 aliphatic carbocycles. The molecule has 2 aromatic carbocycles. The number of halogens is 3. The largest absolute Gasteiger partial charge is 0.323 e. The van der Waals surface area contributed by atoms with E-state index < -0.39 is 27.8 Å². The van der Waals surface area contributed by atoms with Crippen LogP contribution in [-0.2, 0) is 14.8 Å². The minimum absolute atomic E-state index is 0.150. The van der Waals surface area contributed by atoms with E-state index in [0.29, 0.717) is 0 Å². The van der Waals surface area contributed by atoms with Gasteiger partial charge in [0.25, 0.3) is 0 Å². The second-order valence-corrected chi connectivity index (χ2v) is 7.95. The predicted octanol–water partition coefficient (Wildman–Crippen LogP) is 3.93. The highest BCUT2D eigenvalue weighted by atomic mass is 35.5. The van der Waals surface area contributed by atoms with E-state index in [1.807, 2.05) is 0 Å². The Bertz CT molecular complexity index is 889. The lowest BCUT2D eigenvalue weighted by Crippen LogP contribution is -2.45. The molecule has 1 amide bonds. The van der Waals surface area contributed by atoms with Crippen LogP contribution in [0.1, 0.15) is 6.92 Å². The molecule has 2 aromatic rings. The summed E-state index contributed by atoms with van der Waals surface area (Å²) in [6, 6.07) is 8.40. The highest BCUT2D eigenvalue weighted by Gasteiger charge is 2.29. The number of carbonyl (C=O) groups is 1. The standard InChI is InChI=1S/C16H15Cl2FN2O3S/c1-10(16(22)20-14-5-3-4-13(17)15(14)18)21(25(2,23)24)12-8-6-11(19)7-9-12/h3-10H,1-2H3,(H,20,22)/t10-/m0/s1.